The molecule has 0 spiro atoms. The number of nitrogens with one attached hydrogen (secondary N) is 2. The molecule has 0 aliphatic heterocycles. The van der Waals surface area contributed by atoms with Crippen molar-refractivity contribution in [3.05, 3.63) is 58.6 Å². The number of phenolic OH excluding ortho intramolecular Hbond substituents is 1. The van der Waals surface area contributed by atoms with E-state index in [4.69, 9.17) is 23.8 Å². The molecule has 2 aromatic rings. The van der Waals surface area contributed by atoms with E-state index in [0.29, 0.717) is 22.2 Å². The number of hydrogen-bond donors (Lipinski definition) is 3. The van der Waals surface area contributed by atoms with Crippen molar-refractivity contribution in [2.24, 2.45) is 0 Å². The van der Waals surface area contributed by atoms with Crippen LogP contribution in [0.15, 0.2) is 42.5 Å². The van der Waals surface area contributed by atoms with Crippen LogP contribution in [0, 0.1) is 0 Å². The van der Waals surface area contributed by atoms with Gasteiger partial charge in [-0.1, -0.05) is 37.6 Å². The van der Waals surface area contributed by atoms with Crippen molar-refractivity contribution in [2.75, 3.05) is 5.32 Å². The van der Waals surface area contributed by atoms with Gasteiger partial charge >= 0.3 is 0 Å². The fraction of sp³-hybridized carbons (Fsp3) is 0.222. The smallest absolute Gasteiger partial charge is 0.257 e. The van der Waals surface area contributed by atoms with Gasteiger partial charge < -0.3 is 10.4 Å². The van der Waals surface area contributed by atoms with Crippen LogP contribution < -0.4 is 10.6 Å². The van der Waals surface area contributed by atoms with Crippen LogP contribution in [0.2, 0.25) is 5.02 Å². The summed E-state index contributed by atoms with van der Waals surface area (Å²) >= 11 is 11.0. The third-order valence-electron chi connectivity index (χ3n) is 3.76. The lowest BCUT2D eigenvalue weighted by atomic mass is 9.98. The predicted octanol–water partition coefficient (Wildman–Crippen LogP) is 4.69. The monoisotopic (exact) mass is 362 g/mol. The first-order valence-corrected chi connectivity index (χ1v) is 8.40. The van der Waals surface area contributed by atoms with E-state index in [-0.39, 0.29) is 16.8 Å². The summed E-state index contributed by atoms with van der Waals surface area (Å²) in [6.45, 7) is 4.20. The molecule has 0 radical (unpaired) electrons. The molecule has 3 N–H and O–H groups in total. The number of aromatic hydroxyl groups is 1. The van der Waals surface area contributed by atoms with Crippen molar-refractivity contribution in [1.29, 1.82) is 0 Å². The topological polar surface area (TPSA) is 61.4 Å². The number of thiocarbonyl (C=S) groups is 1. The van der Waals surface area contributed by atoms with E-state index in [9.17, 15) is 9.90 Å². The number of anilines is 1. The fourth-order valence-corrected chi connectivity index (χ4v) is 2.55. The SMILES string of the molecule is CCC(C)c1ccc(O)c(NC(=S)NC(=O)c2cccc(Cl)c2)c1. The average molecular weight is 363 g/mol. The predicted molar refractivity (Wildman–Crippen MR) is 102 cm³/mol. The lowest BCUT2D eigenvalue weighted by Gasteiger charge is -2.14. The van der Waals surface area contributed by atoms with E-state index in [1.54, 1.807) is 30.3 Å². The second kappa shape index (κ2) is 8.13. The Labute approximate surface area is 151 Å². The number of carbonyl (C=O) groups is 1. The van der Waals surface area contributed by atoms with Gasteiger partial charge in [0.2, 0.25) is 0 Å². The average Bonchev–Trinajstić information content (AvgIpc) is 2.56. The summed E-state index contributed by atoms with van der Waals surface area (Å²) in [4.78, 5) is 12.1. The van der Waals surface area contributed by atoms with E-state index in [0.717, 1.165) is 12.0 Å². The van der Waals surface area contributed by atoms with Gasteiger partial charge in [-0.25, -0.2) is 0 Å². The van der Waals surface area contributed by atoms with E-state index in [2.05, 4.69) is 24.5 Å². The van der Waals surface area contributed by atoms with Gasteiger partial charge in [-0.05, 0) is 60.5 Å². The van der Waals surface area contributed by atoms with E-state index >= 15 is 0 Å². The van der Waals surface area contributed by atoms with Gasteiger partial charge in [-0.2, -0.15) is 0 Å². The first kappa shape index (κ1) is 18.2. The van der Waals surface area contributed by atoms with Crippen molar-refractivity contribution < 1.29 is 9.90 Å². The highest BCUT2D eigenvalue weighted by Gasteiger charge is 2.11. The Balaban J connectivity index is 2.08. The van der Waals surface area contributed by atoms with Gasteiger partial charge in [0.1, 0.15) is 5.75 Å². The minimum atomic E-state index is -0.368. The standard InChI is InChI=1S/C18H19ClN2O2S/c1-3-11(2)12-7-8-16(22)15(10-12)20-18(24)21-17(23)13-5-4-6-14(19)9-13/h4-11,22H,3H2,1-2H3,(H2,20,21,23,24). The largest absolute Gasteiger partial charge is 0.506 e. The van der Waals surface area contributed by atoms with Crippen LogP contribution in [0.25, 0.3) is 0 Å². The molecule has 2 rings (SSSR count). The number of hydrogen-bond acceptors (Lipinski definition) is 3. The molecule has 0 saturated carbocycles. The Morgan fingerprint density at radius 2 is 2.04 bits per heavy atom. The Morgan fingerprint density at radius 1 is 1.29 bits per heavy atom. The Kier molecular flexibility index (Phi) is 6.17. The van der Waals surface area contributed by atoms with Gasteiger partial charge in [-0.3, -0.25) is 10.1 Å². The van der Waals surface area contributed by atoms with E-state index in [1.165, 1.54) is 0 Å². The van der Waals surface area contributed by atoms with Crippen LogP contribution in [0.5, 0.6) is 5.75 Å². The molecular formula is C18H19ClN2O2S. The lowest BCUT2D eigenvalue weighted by molar-refractivity contribution is 0.0977. The third kappa shape index (κ3) is 4.69. The molecule has 24 heavy (non-hydrogen) atoms. The Morgan fingerprint density at radius 3 is 2.71 bits per heavy atom. The summed E-state index contributed by atoms with van der Waals surface area (Å²) in [5.41, 5.74) is 1.95. The number of rotatable bonds is 4. The molecule has 0 aliphatic rings. The zero-order valence-corrected chi connectivity index (χ0v) is 15.0. The minimum absolute atomic E-state index is 0.0707. The van der Waals surface area contributed by atoms with Crippen LogP contribution in [0.1, 0.15) is 42.1 Å². The molecule has 1 unspecified atom stereocenters. The maximum absolute atomic E-state index is 12.1. The highest BCUT2D eigenvalue weighted by molar-refractivity contribution is 7.80. The maximum atomic E-state index is 12.1. The molecule has 0 heterocycles. The zero-order valence-electron chi connectivity index (χ0n) is 13.5. The molecule has 0 bridgehead atoms. The van der Waals surface area contributed by atoms with Crippen LogP contribution in [-0.4, -0.2) is 16.1 Å². The molecule has 2 aromatic carbocycles. The van der Waals surface area contributed by atoms with Gasteiger partial charge in [0.05, 0.1) is 5.69 Å². The molecule has 0 aromatic heterocycles. The second-order valence-corrected chi connectivity index (χ2v) is 6.35. The highest BCUT2D eigenvalue weighted by Crippen LogP contribution is 2.29. The molecule has 6 heteroatoms. The van der Waals surface area contributed by atoms with Crippen molar-refractivity contribution in [3.8, 4) is 5.75 Å². The number of halogens is 1. The number of amides is 1. The van der Waals surface area contributed by atoms with Gasteiger partial charge in [0.25, 0.3) is 5.91 Å². The Bertz CT molecular complexity index is 764. The Hall–Kier alpha value is -2.11. The molecule has 0 saturated heterocycles. The molecule has 4 nitrogen and oxygen atoms in total. The maximum Gasteiger partial charge on any atom is 0.257 e. The van der Waals surface area contributed by atoms with E-state index in [1.807, 2.05) is 12.1 Å². The molecular weight excluding hydrogens is 344 g/mol. The number of carbonyl (C=O) groups excluding carboxylic acids is 1. The third-order valence-corrected chi connectivity index (χ3v) is 4.20. The summed E-state index contributed by atoms with van der Waals surface area (Å²) < 4.78 is 0. The molecule has 1 amide bonds. The normalized spacial score (nSPS) is 11.6. The fourth-order valence-electron chi connectivity index (χ4n) is 2.15. The van der Waals surface area contributed by atoms with Gasteiger partial charge in [0, 0.05) is 10.6 Å². The summed E-state index contributed by atoms with van der Waals surface area (Å²) in [6.07, 6.45) is 0.986. The quantitative estimate of drug-likeness (QED) is 0.545. The first-order valence-electron chi connectivity index (χ1n) is 7.61. The van der Waals surface area contributed by atoms with Gasteiger partial charge in [-0.15, -0.1) is 0 Å². The van der Waals surface area contributed by atoms with Crippen LogP contribution in [0.4, 0.5) is 5.69 Å². The van der Waals surface area contributed by atoms with Crippen LogP contribution in [0.3, 0.4) is 0 Å². The summed E-state index contributed by atoms with van der Waals surface area (Å²) in [5.74, 6) is 0.0646. The van der Waals surface area contributed by atoms with Crippen LogP contribution >= 0.6 is 23.8 Å². The molecule has 0 aliphatic carbocycles. The van der Waals surface area contributed by atoms with Crippen molar-refractivity contribution in [3.63, 3.8) is 0 Å². The van der Waals surface area contributed by atoms with Crippen LogP contribution in [-0.2, 0) is 0 Å². The number of phenols is 1. The minimum Gasteiger partial charge on any atom is -0.506 e. The van der Waals surface area contributed by atoms with Crippen molar-refractivity contribution in [2.45, 2.75) is 26.2 Å². The molecule has 126 valence electrons. The first-order chi connectivity index (χ1) is 11.4. The van der Waals surface area contributed by atoms with Crippen molar-refractivity contribution in [1.82, 2.24) is 5.32 Å². The summed E-state index contributed by atoms with van der Waals surface area (Å²) in [6, 6.07) is 11.9. The van der Waals surface area contributed by atoms with Gasteiger partial charge in [0.15, 0.2) is 5.11 Å². The molecule has 1 atom stereocenters. The number of benzene rings is 2. The summed E-state index contributed by atoms with van der Waals surface area (Å²) in [5, 5.41) is 16.0. The lowest BCUT2D eigenvalue weighted by Crippen LogP contribution is -2.34. The second-order valence-electron chi connectivity index (χ2n) is 5.50. The summed E-state index contributed by atoms with van der Waals surface area (Å²) in [7, 11) is 0. The highest BCUT2D eigenvalue weighted by atomic mass is 35.5. The zero-order chi connectivity index (χ0) is 17.7. The molecule has 0 fully saturated rings. The van der Waals surface area contributed by atoms with E-state index < -0.39 is 0 Å². The van der Waals surface area contributed by atoms with Crippen molar-refractivity contribution >= 4 is 40.5 Å².